The predicted octanol–water partition coefficient (Wildman–Crippen LogP) is 0.730. The van der Waals surface area contributed by atoms with Crippen LogP contribution >= 0.6 is 0 Å². The van der Waals surface area contributed by atoms with E-state index < -0.39 is 11.2 Å². The second-order valence-corrected chi connectivity index (χ2v) is 6.40. The first-order valence-corrected chi connectivity index (χ1v) is 8.33. The zero-order valence-corrected chi connectivity index (χ0v) is 13.4. The van der Waals surface area contributed by atoms with Gasteiger partial charge in [-0.2, -0.15) is 0 Å². The second-order valence-electron chi connectivity index (χ2n) is 6.40. The number of rotatable bonds is 3. The lowest BCUT2D eigenvalue weighted by molar-refractivity contribution is 0.0630. The molecule has 126 valence electrons. The van der Waals surface area contributed by atoms with Crippen LogP contribution in [0, 0.1) is 0 Å². The van der Waals surface area contributed by atoms with Gasteiger partial charge in [-0.3, -0.25) is 14.2 Å². The molecule has 3 heterocycles. The largest absolute Gasteiger partial charge is 0.376 e. The Morgan fingerprint density at radius 2 is 2.13 bits per heavy atom. The zero-order valence-electron chi connectivity index (χ0n) is 13.4. The number of hydrogen-bond donors (Lipinski definition) is 1. The van der Waals surface area contributed by atoms with Crippen LogP contribution in [0.25, 0.3) is 0 Å². The van der Waals surface area contributed by atoms with E-state index in [1.165, 1.54) is 6.20 Å². The van der Waals surface area contributed by atoms with E-state index in [0.29, 0.717) is 13.2 Å². The lowest BCUT2D eigenvalue weighted by atomic mass is 10.0. The molecule has 2 aliphatic rings. The van der Waals surface area contributed by atoms with E-state index in [0.717, 1.165) is 36.7 Å². The van der Waals surface area contributed by atoms with Gasteiger partial charge in [0.25, 0.3) is 11.5 Å². The lowest BCUT2D eigenvalue weighted by Crippen LogP contribution is -2.47. The molecule has 1 amide bonds. The van der Waals surface area contributed by atoms with Crippen molar-refractivity contribution in [1.82, 2.24) is 14.5 Å². The fraction of sp³-hybridized carbons (Fsp3) is 0.688. The van der Waals surface area contributed by atoms with Crippen molar-refractivity contribution >= 4 is 5.91 Å². The third-order valence-corrected chi connectivity index (χ3v) is 4.77. The average Bonchev–Trinajstić information content (AvgIpc) is 3.04. The topological polar surface area (TPSA) is 84.4 Å². The van der Waals surface area contributed by atoms with Gasteiger partial charge in [-0.15, -0.1) is 0 Å². The monoisotopic (exact) mass is 321 g/mol. The number of piperidine rings is 1. The molecule has 0 spiro atoms. The van der Waals surface area contributed by atoms with E-state index in [1.54, 1.807) is 4.90 Å². The van der Waals surface area contributed by atoms with Gasteiger partial charge in [-0.05, 0) is 39.0 Å². The van der Waals surface area contributed by atoms with Gasteiger partial charge in [-0.1, -0.05) is 0 Å². The SMILES string of the molecule is CC1CCCCN1C(=O)c1c[nH]c(=O)n(CC2CCCO2)c1=O. The Hall–Kier alpha value is -1.89. The summed E-state index contributed by atoms with van der Waals surface area (Å²) in [7, 11) is 0. The molecule has 7 heteroatoms. The van der Waals surface area contributed by atoms with Crippen LogP contribution in [0.4, 0.5) is 0 Å². The van der Waals surface area contributed by atoms with E-state index in [9.17, 15) is 14.4 Å². The number of likely N-dealkylation sites (tertiary alicyclic amines) is 1. The highest BCUT2D eigenvalue weighted by Crippen LogP contribution is 2.18. The molecule has 2 unspecified atom stereocenters. The maximum absolute atomic E-state index is 12.7. The van der Waals surface area contributed by atoms with Crippen LogP contribution in [0.15, 0.2) is 15.8 Å². The first kappa shape index (κ1) is 16.0. The third kappa shape index (κ3) is 3.24. The van der Waals surface area contributed by atoms with Crippen molar-refractivity contribution in [3.63, 3.8) is 0 Å². The summed E-state index contributed by atoms with van der Waals surface area (Å²) >= 11 is 0. The van der Waals surface area contributed by atoms with Crippen molar-refractivity contribution in [3.8, 4) is 0 Å². The number of nitrogens with zero attached hydrogens (tertiary/aromatic N) is 2. The summed E-state index contributed by atoms with van der Waals surface area (Å²) in [5.74, 6) is -0.292. The van der Waals surface area contributed by atoms with E-state index in [-0.39, 0.29) is 30.2 Å². The molecule has 7 nitrogen and oxygen atoms in total. The van der Waals surface area contributed by atoms with E-state index in [2.05, 4.69) is 4.98 Å². The summed E-state index contributed by atoms with van der Waals surface area (Å²) in [6, 6.07) is 0.120. The highest BCUT2D eigenvalue weighted by Gasteiger charge is 2.27. The van der Waals surface area contributed by atoms with E-state index in [4.69, 9.17) is 4.74 Å². The van der Waals surface area contributed by atoms with Crippen LogP contribution < -0.4 is 11.2 Å². The van der Waals surface area contributed by atoms with Crippen LogP contribution in [0.2, 0.25) is 0 Å². The number of carbonyl (C=O) groups excluding carboxylic acids is 1. The second kappa shape index (κ2) is 6.70. The summed E-state index contributed by atoms with van der Waals surface area (Å²) in [4.78, 5) is 41.5. The summed E-state index contributed by atoms with van der Waals surface area (Å²) in [6.45, 7) is 3.50. The lowest BCUT2D eigenvalue weighted by Gasteiger charge is -2.33. The summed E-state index contributed by atoms with van der Waals surface area (Å²) < 4.78 is 6.59. The Bertz CT molecular complexity index is 687. The Balaban J connectivity index is 1.89. The predicted molar refractivity (Wildman–Crippen MR) is 84.6 cm³/mol. The Kier molecular flexibility index (Phi) is 4.66. The number of aromatic nitrogens is 2. The maximum atomic E-state index is 12.7. The van der Waals surface area contributed by atoms with Gasteiger partial charge < -0.3 is 14.6 Å². The van der Waals surface area contributed by atoms with Gasteiger partial charge >= 0.3 is 5.69 Å². The molecule has 1 aromatic rings. The standard InChI is InChI=1S/C16H23N3O4/c1-11-5-2-3-7-18(11)14(20)13-9-17-16(22)19(15(13)21)10-12-6-4-8-23-12/h9,11-12H,2-8,10H2,1H3,(H,17,22). The van der Waals surface area contributed by atoms with E-state index >= 15 is 0 Å². The molecular weight excluding hydrogens is 298 g/mol. The number of aromatic amines is 1. The van der Waals surface area contributed by atoms with Gasteiger partial charge in [0.2, 0.25) is 0 Å². The van der Waals surface area contributed by atoms with Crippen molar-refractivity contribution in [1.29, 1.82) is 0 Å². The maximum Gasteiger partial charge on any atom is 0.328 e. The van der Waals surface area contributed by atoms with Crippen LogP contribution in [-0.2, 0) is 11.3 Å². The average molecular weight is 321 g/mol. The highest BCUT2D eigenvalue weighted by atomic mass is 16.5. The number of hydrogen-bond acceptors (Lipinski definition) is 4. The number of carbonyl (C=O) groups is 1. The number of amides is 1. The van der Waals surface area contributed by atoms with Gasteiger partial charge in [0.1, 0.15) is 5.56 Å². The minimum atomic E-state index is -0.521. The van der Waals surface area contributed by atoms with Crippen molar-refractivity contribution in [2.45, 2.75) is 57.7 Å². The number of ether oxygens (including phenoxy) is 1. The Labute approximate surface area is 134 Å². The van der Waals surface area contributed by atoms with Crippen LogP contribution in [0.1, 0.15) is 49.4 Å². The van der Waals surface area contributed by atoms with Gasteiger partial charge in [0.15, 0.2) is 0 Å². The summed E-state index contributed by atoms with van der Waals surface area (Å²) in [6.07, 6.45) is 5.87. The Morgan fingerprint density at radius 3 is 2.83 bits per heavy atom. The van der Waals surface area contributed by atoms with Gasteiger partial charge in [0, 0.05) is 25.4 Å². The first-order valence-electron chi connectivity index (χ1n) is 8.33. The van der Waals surface area contributed by atoms with Crippen LogP contribution in [-0.4, -0.2) is 45.7 Å². The van der Waals surface area contributed by atoms with Crippen LogP contribution in [0.5, 0.6) is 0 Å². The molecule has 3 rings (SSSR count). The molecule has 0 saturated carbocycles. The zero-order chi connectivity index (χ0) is 16.4. The third-order valence-electron chi connectivity index (χ3n) is 4.77. The normalized spacial score (nSPS) is 24.8. The fourth-order valence-corrected chi connectivity index (χ4v) is 3.38. The molecule has 2 fully saturated rings. The molecule has 2 aliphatic heterocycles. The molecule has 1 N–H and O–H groups in total. The molecule has 0 radical (unpaired) electrons. The van der Waals surface area contributed by atoms with Crippen LogP contribution in [0.3, 0.4) is 0 Å². The molecule has 0 bridgehead atoms. The van der Waals surface area contributed by atoms with Gasteiger partial charge in [-0.25, -0.2) is 4.79 Å². The van der Waals surface area contributed by atoms with Crippen molar-refractivity contribution in [2.24, 2.45) is 0 Å². The van der Waals surface area contributed by atoms with Crippen molar-refractivity contribution in [2.75, 3.05) is 13.2 Å². The fourth-order valence-electron chi connectivity index (χ4n) is 3.38. The molecule has 2 atom stereocenters. The molecule has 23 heavy (non-hydrogen) atoms. The minimum absolute atomic E-state index is 0.0383. The van der Waals surface area contributed by atoms with Crippen molar-refractivity contribution < 1.29 is 9.53 Å². The summed E-state index contributed by atoms with van der Waals surface area (Å²) in [5.41, 5.74) is -0.975. The molecule has 2 saturated heterocycles. The number of nitrogens with one attached hydrogen (secondary N) is 1. The Morgan fingerprint density at radius 1 is 1.30 bits per heavy atom. The van der Waals surface area contributed by atoms with Gasteiger partial charge in [0.05, 0.1) is 12.6 Å². The van der Waals surface area contributed by atoms with Crippen molar-refractivity contribution in [3.05, 3.63) is 32.6 Å². The smallest absolute Gasteiger partial charge is 0.328 e. The number of H-pyrrole nitrogens is 1. The molecule has 1 aromatic heterocycles. The van der Waals surface area contributed by atoms with E-state index in [1.807, 2.05) is 6.92 Å². The summed E-state index contributed by atoms with van der Waals surface area (Å²) in [5, 5.41) is 0. The molecule has 0 aliphatic carbocycles. The molecule has 0 aromatic carbocycles. The highest BCUT2D eigenvalue weighted by molar-refractivity contribution is 5.93. The first-order chi connectivity index (χ1) is 11.1. The quantitative estimate of drug-likeness (QED) is 0.889. The molecular formula is C16H23N3O4. The minimum Gasteiger partial charge on any atom is -0.376 e.